The van der Waals surface area contributed by atoms with Gasteiger partial charge in [0.05, 0.1) is 6.61 Å². The molecule has 0 spiro atoms. The van der Waals surface area contributed by atoms with E-state index in [1.165, 1.54) is 6.61 Å². The van der Waals surface area contributed by atoms with Gasteiger partial charge in [-0.05, 0) is 0 Å². The lowest BCUT2D eigenvalue weighted by Gasteiger charge is -1.88. The van der Waals surface area contributed by atoms with E-state index in [1.807, 2.05) is 0 Å². The van der Waals surface area contributed by atoms with Crippen molar-refractivity contribution >= 4 is 0 Å². The summed E-state index contributed by atoms with van der Waals surface area (Å²) in [4.78, 5) is 0. The molecule has 0 heterocycles. The second-order valence-electron chi connectivity index (χ2n) is 0.994. The van der Waals surface area contributed by atoms with E-state index in [4.69, 9.17) is 4.74 Å². The lowest BCUT2D eigenvalue weighted by molar-refractivity contribution is 0.252. The van der Waals surface area contributed by atoms with Crippen molar-refractivity contribution in [2.45, 2.75) is 0 Å². The van der Waals surface area contributed by atoms with E-state index in [-0.39, 0.29) is 0 Å². The predicted octanol–water partition coefficient (Wildman–Crippen LogP) is 1.54. The normalized spacial score (nSPS) is 8.00. The SMILES string of the molecule is C=C[CH]O[13CH2]C=C. The topological polar surface area (TPSA) is 9.23 Å². The van der Waals surface area contributed by atoms with Crippen molar-refractivity contribution in [2.24, 2.45) is 0 Å². The molecule has 0 aliphatic carbocycles. The molecule has 0 saturated carbocycles. The van der Waals surface area contributed by atoms with E-state index in [9.17, 15) is 0 Å². The number of hydrogen-bond acceptors (Lipinski definition) is 1. The maximum absolute atomic E-state index is 4.77. The van der Waals surface area contributed by atoms with E-state index >= 15 is 0 Å². The summed E-state index contributed by atoms with van der Waals surface area (Å²) < 4.78 is 4.77. The van der Waals surface area contributed by atoms with Gasteiger partial charge in [-0.2, -0.15) is 0 Å². The monoisotopic (exact) mass is 98.1 g/mol. The van der Waals surface area contributed by atoms with E-state index in [2.05, 4.69) is 13.2 Å². The Morgan fingerprint density at radius 3 is 2.57 bits per heavy atom. The summed E-state index contributed by atoms with van der Waals surface area (Å²) in [6.07, 6.45) is 3.27. The lowest BCUT2D eigenvalue weighted by atomic mass is 10.7. The smallest absolute Gasteiger partial charge is 0.105 e. The quantitative estimate of drug-likeness (QED) is 0.294. The van der Waals surface area contributed by atoms with Crippen molar-refractivity contribution in [2.75, 3.05) is 6.61 Å². The summed E-state index contributed by atoms with van der Waals surface area (Å²) in [5, 5.41) is 0. The van der Waals surface area contributed by atoms with Gasteiger partial charge in [-0.3, -0.25) is 0 Å². The van der Waals surface area contributed by atoms with Gasteiger partial charge in [0, 0.05) is 0 Å². The summed E-state index contributed by atoms with van der Waals surface area (Å²) >= 11 is 0. The third kappa shape index (κ3) is 5.44. The summed E-state index contributed by atoms with van der Waals surface area (Å²) in [6, 6.07) is 0. The zero-order chi connectivity index (χ0) is 5.54. The van der Waals surface area contributed by atoms with E-state index in [0.717, 1.165) is 0 Å². The van der Waals surface area contributed by atoms with E-state index in [1.54, 1.807) is 12.2 Å². The molecule has 0 aromatic carbocycles. The molecule has 39 valence electrons. The van der Waals surface area contributed by atoms with Crippen LogP contribution in [0.4, 0.5) is 0 Å². The first-order valence-electron chi connectivity index (χ1n) is 2.08. The van der Waals surface area contributed by atoms with Gasteiger partial charge in [0.1, 0.15) is 6.61 Å². The Morgan fingerprint density at radius 2 is 2.14 bits per heavy atom. The first-order chi connectivity index (χ1) is 3.41. The van der Waals surface area contributed by atoms with Gasteiger partial charge in [-0.15, -0.1) is 13.2 Å². The molecule has 0 saturated heterocycles. The maximum atomic E-state index is 4.77. The van der Waals surface area contributed by atoms with Crippen LogP contribution in [0.15, 0.2) is 25.3 Å². The standard InChI is InChI=1S/C6H9O/c1-3-5-7-6-4-2/h3-5H,1-2,6H2/i6+1. The highest BCUT2D eigenvalue weighted by atomic mass is 16.5. The third-order valence-corrected chi connectivity index (χ3v) is 0.407. The van der Waals surface area contributed by atoms with Crippen molar-refractivity contribution in [3.05, 3.63) is 31.9 Å². The summed E-state index contributed by atoms with van der Waals surface area (Å²) in [5.74, 6) is 0. The second kappa shape index (κ2) is 5.44. The zero-order valence-corrected chi connectivity index (χ0v) is 4.26. The molecule has 1 heteroatoms. The molecule has 0 aliphatic heterocycles. The van der Waals surface area contributed by atoms with Gasteiger partial charge in [-0.1, -0.05) is 12.2 Å². The fraction of sp³-hybridized carbons (Fsp3) is 0.167. The first kappa shape index (κ1) is 6.44. The number of rotatable bonds is 4. The van der Waals surface area contributed by atoms with Crippen LogP contribution in [0.25, 0.3) is 0 Å². The molecule has 0 aliphatic rings. The predicted molar refractivity (Wildman–Crippen MR) is 30.6 cm³/mol. The van der Waals surface area contributed by atoms with Crippen LogP contribution in [0.3, 0.4) is 0 Å². The van der Waals surface area contributed by atoms with Crippen LogP contribution in [0.2, 0.25) is 0 Å². The molecule has 0 fully saturated rings. The Labute approximate surface area is 44.3 Å². The van der Waals surface area contributed by atoms with Crippen LogP contribution in [-0.4, -0.2) is 6.61 Å². The molecule has 1 nitrogen and oxygen atoms in total. The molecule has 7 heavy (non-hydrogen) atoms. The molecule has 0 unspecified atom stereocenters. The fourth-order valence-corrected chi connectivity index (χ4v) is 0.192. The maximum Gasteiger partial charge on any atom is 0.105 e. The Kier molecular flexibility index (Phi) is 5.00. The van der Waals surface area contributed by atoms with Crippen molar-refractivity contribution < 1.29 is 4.74 Å². The molecule has 0 bridgehead atoms. The van der Waals surface area contributed by atoms with Gasteiger partial charge < -0.3 is 4.74 Å². The van der Waals surface area contributed by atoms with Crippen LogP contribution in [0.5, 0.6) is 0 Å². The van der Waals surface area contributed by atoms with Crippen LogP contribution in [0, 0.1) is 6.61 Å². The average molecular weight is 98.1 g/mol. The minimum absolute atomic E-state index is 0.562. The Morgan fingerprint density at radius 1 is 1.43 bits per heavy atom. The van der Waals surface area contributed by atoms with Crippen molar-refractivity contribution in [1.29, 1.82) is 0 Å². The largest absolute Gasteiger partial charge is 0.367 e. The Bertz CT molecular complexity index is 49.2. The Hall–Kier alpha value is -0.560. The number of hydrogen-bond donors (Lipinski definition) is 0. The highest BCUT2D eigenvalue weighted by molar-refractivity contribution is 4.78. The summed E-state index contributed by atoms with van der Waals surface area (Å²) in [5.41, 5.74) is 0. The Balaban J connectivity index is 2.68. The van der Waals surface area contributed by atoms with Crippen LogP contribution in [-0.2, 0) is 4.74 Å². The molecule has 0 aromatic heterocycles. The van der Waals surface area contributed by atoms with Gasteiger partial charge in [0.2, 0.25) is 0 Å². The molecule has 0 aromatic rings. The lowest BCUT2D eigenvalue weighted by Crippen LogP contribution is -1.81. The molecule has 0 rings (SSSR count). The molecular weight excluding hydrogens is 89.1 g/mol. The van der Waals surface area contributed by atoms with Crippen LogP contribution < -0.4 is 0 Å². The van der Waals surface area contributed by atoms with Crippen LogP contribution in [0.1, 0.15) is 0 Å². The summed E-state index contributed by atoms with van der Waals surface area (Å²) in [7, 11) is 0. The van der Waals surface area contributed by atoms with E-state index < -0.39 is 0 Å². The minimum Gasteiger partial charge on any atom is -0.367 e. The highest BCUT2D eigenvalue weighted by Gasteiger charge is 1.72. The molecular formula is C6H9O. The van der Waals surface area contributed by atoms with Gasteiger partial charge in [-0.25, -0.2) is 0 Å². The zero-order valence-electron chi connectivity index (χ0n) is 4.26. The van der Waals surface area contributed by atoms with Crippen molar-refractivity contribution in [1.82, 2.24) is 0 Å². The van der Waals surface area contributed by atoms with Gasteiger partial charge >= 0.3 is 0 Å². The highest BCUT2D eigenvalue weighted by Crippen LogP contribution is 1.79. The first-order valence-corrected chi connectivity index (χ1v) is 2.08. The van der Waals surface area contributed by atoms with Gasteiger partial charge in [0.25, 0.3) is 0 Å². The fourth-order valence-electron chi connectivity index (χ4n) is 0.192. The van der Waals surface area contributed by atoms with E-state index in [0.29, 0.717) is 6.61 Å². The number of ether oxygens (including phenoxy) is 1. The molecule has 0 N–H and O–H groups in total. The molecule has 0 amide bonds. The second-order valence-corrected chi connectivity index (χ2v) is 0.994. The van der Waals surface area contributed by atoms with Crippen LogP contribution >= 0.6 is 0 Å². The summed E-state index contributed by atoms with van der Waals surface area (Å²) in [6.45, 7) is 8.96. The van der Waals surface area contributed by atoms with Crippen molar-refractivity contribution in [3.63, 3.8) is 0 Å². The third-order valence-electron chi connectivity index (χ3n) is 0.407. The van der Waals surface area contributed by atoms with Crippen molar-refractivity contribution in [3.8, 4) is 0 Å². The van der Waals surface area contributed by atoms with Gasteiger partial charge in [0.15, 0.2) is 0 Å². The molecule has 0 atom stereocenters. The minimum atomic E-state index is 0.562. The molecule has 1 radical (unpaired) electrons. The average Bonchev–Trinajstić information content (AvgIpc) is 1.69.